The van der Waals surface area contributed by atoms with Gasteiger partial charge in [0.2, 0.25) is 0 Å². The molecule has 1 aromatic heterocycles. The van der Waals surface area contributed by atoms with Gasteiger partial charge in [0.25, 0.3) is 5.91 Å². The van der Waals surface area contributed by atoms with Crippen LogP contribution in [0.3, 0.4) is 0 Å². The second-order valence-corrected chi connectivity index (χ2v) is 4.64. The maximum atomic E-state index is 12.3. The van der Waals surface area contributed by atoms with Crippen molar-refractivity contribution in [2.45, 2.75) is 25.7 Å². The molecule has 1 aliphatic carbocycles. The molecule has 0 saturated carbocycles. The van der Waals surface area contributed by atoms with Gasteiger partial charge in [-0.1, -0.05) is 0 Å². The van der Waals surface area contributed by atoms with E-state index in [2.05, 4.69) is 10.2 Å². The lowest BCUT2D eigenvalue weighted by Gasteiger charge is -2.26. The molecule has 0 atom stereocenters. The first-order valence-electron chi connectivity index (χ1n) is 6.29. The minimum Gasteiger partial charge on any atom is -0.378 e. The molecule has 1 aromatic rings. The third kappa shape index (κ3) is 1.95. The van der Waals surface area contributed by atoms with Gasteiger partial charge in [0, 0.05) is 24.3 Å². The number of carbonyl (C=O) groups excluding carboxylic acids is 1. The molecule has 92 valence electrons. The Balaban J connectivity index is 1.83. The van der Waals surface area contributed by atoms with E-state index in [9.17, 15) is 4.79 Å². The van der Waals surface area contributed by atoms with Crippen molar-refractivity contribution in [1.29, 1.82) is 0 Å². The standard InChI is InChI=1S/C12H17N3O2/c16-12(15-5-7-17-8-6-15)11-9-3-1-2-4-10(9)13-14-11/h1-8H2,(H,13,14). The summed E-state index contributed by atoms with van der Waals surface area (Å²) in [6.45, 7) is 2.64. The molecule has 2 aliphatic rings. The molecule has 3 rings (SSSR count). The van der Waals surface area contributed by atoms with Gasteiger partial charge in [-0.15, -0.1) is 0 Å². The van der Waals surface area contributed by atoms with Crippen LogP contribution < -0.4 is 0 Å². The number of morpholine rings is 1. The maximum absolute atomic E-state index is 12.3. The lowest BCUT2D eigenvalue weighted by Crippen LogP contribution is -2.41. The van der Waals surface area contributed by atoms with Gasteiger partial charge in [-0.3, -0.25) is 9.89 Å². The number of amides is 1. The van der Waals surface area contributed by atoms with Gasteiger partial charge < -0.3 is 9.64 Å². The van der Waals surface area contributed by atoms with Crippen LogP contribution in [0.2, 0.25) is 0 Å². The van der Waals surface area contributed by atoms with Crippen LogP contribution in [-0.2, 0) is 17.6 Å². The number of hydrogen-bond acceptors (Lipinski definition) is 3. The van der Waals surface area contributed by atoms with E-state index in [1.54, 1.807) is 0 Å². The maximum Gasteiger partial charge on any atom is 0.274 e. The van der Waals surface area contributed by atoms with Gasteiger partial charge in [0.05, 0.1) is 13.2 Å². The summed E-state index contributed by atoms with van der Waals surface area (Å²) in [6, 6.07) is 0. The number of rotatable bonds is 1. The van der Waals surface area contributed by atoms with Crippen LogP contribution in [0.15, 0.2) is 0 Å². The first-order valence-corrected chi connectivity index (χ1v) is 6.29. The summed E-state index contributed by atoms with van der Waals surface area (Å²) in [5.74, 6) is 0.0627. The predicted molar refractivity (Wildman–Crippen MR) is 62.0 cm³/mol. The van der Waals surface area contributed by atoms with Crippen molar-refractivity contribution in [3.63, 3.8) is 0 Å². The third-order valence-electron chi connectivity index (χ3n) is 3.56. The van der Waals surface area contributed by atoms with Crippen LogP contribution in [0.4, 0.5) is 0 Å². The minimum absolute atomic E-state index is 0.0627. The number of ether oxygens (including phenoxy) is 1. The number of nitrogens with zero attached hydrogens (tertiary/aromatic N) is 2. The highest BCUT2D eigenvalue weighted by Gasteiger charge is 2.26. The number of carbonyl (C=O) groups is 1. The molecule has 1 fully saturated rings. The van der Waals surface area contributed by atoms with Crippen LogP contribution >= 0.6 is 0 Å². The van der Waals surface area contributed by atoms with Crippen molar-refractivity contribution < 1.29 is 9.53 Å². The second kappa shape index (κ2) is 4.49. The van der Waals surface area contributed by atoms with Gasteiger partial charge in [0.15, 0.2) is 5.69 Å². The van der Waals surface area contributed by atoms with Crippen molar-refractivity contribution >= 4 is 5.91 Å². The molecule has 1 amide bonds. The average molecular weight is 235 g/mol. The number of hydrogen-bond donors (Lipinski definition) is 1. The second-order valence-electron chi connectivity index (χ2n) is 4.64. The molecule has 17 heavy (non-hydrogen) atoms. The smallest absolute Gasteiger partial charge is 0.274 e. The summed E-state index contributed by atoms with van der Waals surface area (Å²) >= 11 is 0. The molecule has 2 heterocycles. The summed E-state index contributed by atoms with van der Waals surface area (Å²) in [6.07, 6.45) is 4.37. The minimum atomic E-state index is 0.0627. The average Bonchev–Trinajstić information content (AvgIpc) is 2.83. The molecule has 1 aliphatic heterocycles. The zero-order valence-corrected chi connectivity index (χ0v) is 9.87. The molecule has 5 nitrogen and oxygen atoms in total. The molecule has 0 spiro atoms. The van der Waals surface area contributed by atoms with Crippen LogP contribution in [0, 0.1) is 0 Å². The Bertz CT molecular complexity index is 421. The number of aromatic amines is 1. The van der Waals surface area contributed by atoms with Gasteiger partial charge in [0.1, 0.15) is 0 Å². The van der Waals surface area contributed by atoms with Gasteiger partial charge >= 0.3 is 0 Å². The van der Waals surface area contributed by atoms with E-state index >= 15 is 0 Å². The Morgan fingerprint density at radius 1 is 1.24 bits per heavy atom. The highest BCUT2D eigenvalue weighted by atomic mass is 16.5. The molecule has 0 radical (unpaired) electrons. The zero-order chi connectivity index (χ0) is 11.7. The van der Waals surface area contributed by atoms with Crippen LogP contribution in [0.1, 0.15) is 34.6 Å². The Kier molecular flexibility index (Phi) is 2.84. The summed E-state index contributed by atoms with van der Waals surface area (Å²) < 4.78 is 5.26. The van der Waals surface area contributed by atoms with E-state index in [1.807, 2.05) is 4.90 Å². The van der Waals surface area contributed by atoms with E-state index < -0.39 is 0 Å². The van der Waals surface area contributed by atoms with Crippen molar-refractivity contribution in [1.82, 2.24) is 15.1 Å². The molecule has 1 saturated heterocycles. The fraction of sp³-hybridized carbons (Fsp3) is 0.667. The van der Waals surface area contributed by atoms with Crippen molar-refractivity contribution in [3.05, 3.63) is 17.0 Å². The molecule has 0 bridgehead atoms. The number of fused-ring (bicyclic) bond motifs is 1. The summed E-state index contributed by atoms with van der Waals surface area (Å²) in [4.78, 5) is 14.2. The zero-order valence-electron chi connectivity index (χ0n) is 9.87. The summed E-state index contributed by atoms with van der Waals surface area (Å²) in [7, 11) is 0. The van der Waals surface area contributed by atoms with Crippen molar-refractivity contribution in [2.24, 2.45) is 0 Å². The number of aryl methyl sites for hydroxylation is 1. The molecule has 5 heteroatoms. The Morgan fingerprint density at radius 2 is 2.00 bits per heavy atom. The van der Waals surface area contributed by atoms with Crippen LogP contribution in [-0.4, -0.2) is 47.3 Å². The predicted octanol–water partition coefficient (Wildman–Crippen LogP) is 0.761. The highest BCUT2D eigenvalue weighted by molar-refractivity contribution is 5.94. The largest absolute Gasteiger partial charge is 0.378 e. The lowest BCUT2D eigenvalue weighted by atomic mass is 9.95. The Labute approximate surface area is 100 Å². The van der Waals surface area contributed by atoms with E-state index in [0.717, 1.165) is 30.5 Å². The highest BCUT2D eigenvalue weighted by Crippen LogP contribution is 2.23. The number of H-pyrrole nitrogens is 1. The Hall–Kier alpha value is -1.36. The fourth-order valence-electron chi connectivity index (χ4n) is 2.57. The van der Waals surface area contributed by atoms with Crippen LogP contribution in [0.5, 0.6) is 0 Å². The molecular weight excluding hydrogens is 218 g/mol. The normalized spacial score (nSPS) is 20.1. The third-order valence-corrected chi connectivity index (χ3v) is 3.56. The molecular formula is C12H17N3O2. The van der Waals surface area contributed by atoms with E-state index in [4.69, 9.17) is 4.74 Å². The first kappa shape index (κ1) is 10.8. The fourth-order valence-corrected chi connectivity index (χ4v) is 2.57. The van der Waals surface area contributed by atoms with Crippen molar-refractivity contribution in [3.8, 4) is 0 Å². The van der Waals surface area contributed by atoms with Gasteiger partial charge in [-0.25, -0.2) is 0 Å². The summed E-state index contributed by atoms with van der Waals surface area (Å²) in [5.41, 5.74) is 2.95. The quantitative estimate of drug-likeness (QED) is 0.782. The number of aromatic nitrogens is 2. The SMILES string of the molecule is O=C(c1n[nH]c2c1CCCC2)N1CCOCC1. The lowest BCUT2D eigenvalue weighted by molar-refractivity contribution is 0.0298. The topological polar surface area (TPSA) is 58.2 Å². The van der Waals surface area contributed by atoms with Crippen molar-refractivity contribution in [2.75, 3.05) is 26.3 Å². The molecule has 0 unspecified atom stereocenters. The van der Waals surface area contributed by atoms with E-state index in [0.29, 0.717) is 32.0 Å². The molecule has 1 N–H and O–H groups in total. The monoisotopic (exact) mass is 235 g/mol. The number of nitrogens with one attached hydrogen (secondary N) is 1. The van der Waals surface area contributed by atoms with Gasteiger partial charge in [-0.2, -0.15) is 5.10 Å². The first-order chi connectivity index (χ1) is 8.36. The van der Waals surface area contributed by atoms with Gasteiger partial charge in [-0.05, 0) is 25.7 Å². The Morgan fingerprint density at radius 3 is 2.82 bits per heavy atom. The molecule has 0 aromatic carbocycles. The van der Waals surface area contributed by atoms with E-state index in [-0.39, 0.29) is 5.91 Å². The van der Waals surface area contributed by atoms with E-state index in [1.165, 1.54) is 6.42 Å². The van der Waals surface area contributed by atoms with Crippen LogP contribution in [0.25, 0.3) is 0 Å². The summed E-state index contributed by atoms with van der Waals surface area (Å²) in [5, 5.41) is 7.23.